The van der Waals surface area contributed by atoms with E-state index in [1.807, 2.05) is 0 Å². The summed E-state index contributed by atoms with van der Waals surface area (Å²) < 4.78 is 3.24. The number of hydrogen-bond acceptors (Lipinski definition) is 3. The van der Waals surface area contributed by atoms with E-state index in [4.69, 9.17) is 5.84 Å². The third kappa shape index (κ3) is 4.29. The smallest absolute Gasteiger partial charge is 0.0766 e. The largest absolute Gasteiger partial charge is 0.271 e. The Balaban J connectivity index is 2.86. The van der Waals surface area contributed by atoms with Crippen molar-refractivity contribution in [1.82, 2.24) is 15.2 Å². The second-order valence-electron chi connectivity index (χ2n) is 5.19. The Hall–Kier alpha value is -0.390. The SMILES string of the molecule is CCc1nn(CC)c(CC(CC(C)CC)NN)c1Br. The molecule has 4 nitrogen and oxygen atoms in total. The standard InChI is InChI=1S/C14H27BrN4/c1-5-10(4)8-11(17-16)9-13-14(15)12(6-2)18-19(13)7-3/h10-11,17H,5-9,16H2,1-4H3. The molecule has 0 aromatic carbocycles. The minimum atomic E-state index is 0.304. The topological polar surface area (TPSA) is 55.9 Å². The van der Waals surface area contributed by atoms with Gasteiger partial charge in [0.1, 0.15) is 0 Å². The van der Waals surface area contributed by atoms with E-state index < -0.39 is 0 Å². The molecule has 0 radical (unpaired) electrons. The number of aryl methyl sites for hydroxylation is 2. The van der Waals surface area contributed by atoms with Crippen LogP contribution in [0.15, 0.2) is 4.47 Å². The lowest BCUT2D eigenvalue weighted by atomic mass is 9.96. The van der Waals surface area contributed by atoms with Crippen molar-refractivity contribution in [2.75, 3.05) is 0 Å². The van der Waals surface area contributed by atoms with Crippen molar-refractivity contribution >= 4 is 15.9 Å². The molecule has 5 heteroatoms. The summed E-state index contributed by atoms with van der Waals surface area (Å²) in [6.07, 6.45) is 4.15. The Labute approximate surface area is 125 Å². The number of hydrogen-bond donors (Lipinski definition) is 2. The maximum absolute atomic E-state index is 5.71. The predicted molar refractivity (Wildman–Crippen MR) is 83.9 cm³/mol. The lowest BCUT2D eigenvalue weighted by Gasteiger charge is -2.20. The number of rotatable bonds is 8. The van der Waals surface area contributed by atoms with Gasteiger partial charge in [0.25, 0.3) is 0 Å². The summed E-state index contributed by atoms with van der Waals surface area (Å²) in [5.74, 6) is 6.39. The number of nitrogens with one attached hydrogen (secondary N) is 1. The van der Waals surface area contributed by atoms with Gasteiger partial charge in [-0.3, -0.25) is 16.0 Å². The van der Waals surface area contributed by atoms with E-state index in [0.717, 1.165) is 36.0 Å². The molecular formula is C14H27BrN4. The van der Waals surface area contributed by atoms with Gasteiger partial charge in [0.05, 0.1) is 15.9 Å². The van der Waals surface area contributed by atoms with Gasteiger partial charge in [-0.25, -0.2) is 0 Å². The predicted octanol–water partition coefficient (Wildman–Crippen LogP) is 3.04. The van der Waals surface area contributed by atoms with Crippen molar-refractivity contribution < 1.29 is 0 Å². The fraction of sp³-hybridized carbons (Fsp3) is 0.786. The molecule has 3 N–H and O–H groups in total. The van der Waals surface area contributed by atoms with Crippen LogP contribution in [0.25, 0.3) is 0 Å². The van der Waals surface area contributed by atoms with E-state index in [0.29, 0.717) is 12.0 Å². The maximum Gasteiger partial charge on any atom is 0.0766 e. The van der Waals surface area contributed by atoms with Crippen molar-refractivity contribution in [3.8, 4) is 0 Å². The van der Waals surface area contributed by atoms with Crippen LogP contribution in [0.3, 0.4) is 0 Å². The number of aromatic nitrogens is 2. The van der Waals surface area contributed by atoms with Crippen molar-refractivity contribution in [2.45, 2.75) is 66.0 Å². The molecule has 0 bridgehead atoms. The first-order chi connectivity index (χ1) is 9.07. The molecule has 0 spiro atoms. The molecule has 19 heavy (non-hydrogen) atoms. The molecule has 0 saturated heterocycles. The highest BCUT2D eigenvalue weighted by Gasteiger charge is 2.19. The Morgan fingerprint density at radius 3 is 2.53 bits per heavy atom. The molecule has 1 aromatic heterocycles. The molecule has 0 amide bonds. The highest BCUT2D eigenvalue weighted by atomic mass is 79.9. The van der Waals surface area contributed by atoms with Crippen molar-refractivity contribution in [3.63, 3.8) is 0 Å². The van der Waals surface area contributed by atoms with Gasteiger partial charge in [0.2, 0.25) is 0 Å². The van der Waals surface area contributed by atoms with E-state index in [2.05, 4.69) is 58.8 Å². The van der Waals surface area contributed by atoms with E-state index >= 15 is 0 Å². The lowest BCUT2D eigenvalue weighted by molar-refractivity contribution is 0.388. The third-order valence-corrected chi connectivity index (χ3v) is 4.67. The van der Waals surface area contributed by atoms with Crippen molar-refractivity contribution in [1.29, 1.82) is 0 Å². The Kier molecular flexibility index (Phi) is 7.04. The fourth-order valence-electron chi connectivity index (χ4n) is 2.31. The van der Waals surface area contributed by atoms with Gasteiger partial charge in [-0.2, -0.15) is 5.10 Å². The average Bonchev–Trinajstić information content (AvgIpc) is 2.73. The first-order valence-corrected chi connectivity index (χ1v) is 8.06. The van der Waals surface area contributed by atoms with Gasteiger partial charge in [0.15, 0.2) is 0 Å². The molecule has 110 valence electrons. The lowest BCUT2D eigenvalue weighted by Crippen LogP contribution is -2.38. The monoisotopic (exact) mass is 330 g/mol. The van der Waals surface area contributed by atoms with Crippen LogP contribution >= 0.6 is 15.9 Å². The van der Waals surface area contributed by atoms with E-state index in [1.54, 1.807) is 0 Å². The number of nitrogens with two attached hydrogens (primary N) is 1. The van der Waals surface area contributed by atoms with Crippen molar-refractivity contribution in [2.24, 2.45) is 11.8 Å². The summed E-state index contributed by atoms with van der Waals surface area (Å²) in [4.78, 5) is 0. The van der Waals surface area contributed by atoms with Gasteiger partial charge >= 0.3 is 0 Å². The van der Waals surface area contributed by atoms with Crippen LogP contribution in [0.1, 0.15) is 51.9 Å². The van der Waals surface area contributed by atoms with Crippen LogP contribution in [-0.4, -0.2) is 15.8 Å². The molecule has 0 aliphatic carbocycles. The normalized spacial score (nSPS) is 14.6. The van der Waals surface area contributed by atoms with E-state index in [1.165, 1.54) is 12.1 Å². The van der Waals surface area contributed by atoms with Crippen LogP contribution in [0.5, 0.6) is 0 Å². The Morgan fingerprint density at radius 1 is 1.37 bits per heavy atom. The second-order valence-corrected chi connectivity index (χ2v) is 5.99. The number of halogens is 1. The molecule has 0 aliphatic rings. The summed E-state index contributed by atoms with van der Waals surface area (Å²) in [5, 5.41) is 4.63. The van der Waals surface area contributed by atoms with E-state index in [9.17, 15) is 0 Å². The van der Waals surface area contributed by atoms with Gasteiger partial charge in [-0.15, -0.1) is 0 Å². The first-order valence-electron chi connectivity index (χ1n) is 7.27. The van der Waals surface area contributed by atoms with Gasteiger partial charge in [-0.1, -0.05) is 27.2 Å². The molecule has 0 saturated carbocycles. The van der Waals surface area contributed by atoms with Crippen LogP contribution in [-0.2, 0) is 19.4 Å². The summed E-state index contributed by atoms with van der Waals surface area (Å²) >= 11 is 3.69. The minimum absolute atomic E-state index is 0.304. The molecule has 2 atom stereocenters. The zero-order chi connectivity index (χ0) is 14.4. The Bertz CT molecular complexity index is 389. The molecule has 2 unspecified atom stereocenters. The highest BCUT2D eigenvalue weighted by molar-refractivity contribution is 9.10. The summed E-state index contributed by atoms with van der Waals surface area (Å²) in [7, 11) is 0. The molecular weight excluding hydrogens is 304 g/mol. The van der Waals surface area contributed by atoms with Crippen LogP contribution in [0.2, 0.25) is 0 Å². The van der Waals surface area contributed by atoms with Crippen LogP contribution in [0.4, 0.5) is 0 Å². The number of nitrogens with zero attached hydrogens (tertiary/aromatic N) is 2. The fourth-order valence-corrected chi connectivity index (χ4v) is 3.03. The van der Waals surface area contributed by atoms with Crippen molar-refractivity contribution in [3.05, 3.63) is 15.9 Å². The second kappa shape index (κ2) is 8.02. The molecule has 0 aliphatic heterocycles. The first kappa shape index (κ1) is 16.7. The summed E-state index contributed by atoms with van der Waals surface area (Å²) in [6, 6.07) is 0.304. The highest BCUT2D eigenvalue weighted by Crippen LogP contribution is 2.25. The maximum atomic E-state index is 5.71. The molecule has 0 fully saturated rings. The number of hydrazine groups is 1. The van der Waals surface area contributed by atoms with Gasteiger partial charge in [-0.05, 0) is 41.6 Å². The quantitative estimate of drug-likeness (QED) is 0.569. The molecule has 1 rings (SSSR count). The minimum Gasteiger partial charge on any atom is -0.271 e. The zero-order valence-electron chi connectivity index (χ0n) is 12.5. The summed E-state index contributed by atoms with van der Waals surface area (Å²) in [6.45, 7) is 9.65. The zero-order valence-corrected chi connectivity index (χ0v) is 14.1. The van der Waals surface area contributed by atoms with Crippen LogP contribution in [0, 0.1) is 5.92 Å². The third-order valence-electron chi connectivity index (χ3n) is 3.75. The van der Waals surface area contributed by atoms with Crippen LogP contribution < -0.4 is 11.3 Å². The van der Waals surface area contributed by atoms with Gasteiger partial charge in [0, 0.05) is 19.0 Å². The average molecular weight is 331 g/mol. The summed E-state index contributed by atoms with van der Waals surface area (Å²) in [5.41, 5.74) is 5.35. The van der Waals surface area contributed by atoms with Gasteiger partial charge < -0.3 is 0 Å². The molecule has 1 heterocycles. The Morgan fingerprint density at radius 2 is 2.05 bits per heavy atom. The van der Waals surface area contributed by atoms with E-state index in [-0.39, 0.29) is 0 Å². The molecule has 1 aromatic rings.